The van der Waals surface area contributed by atoms with E-state index in [0.29, 0.717) is 6.42 Å². The first-order valence-corrected chi connectivity index (χ1v) is 5.69. The van der Waals surface area contributed by atoms with Gasteiger partial charge in [0.25, 0.3) is 0 Å². The average molecular weight is 224 g/mol. The van der Waals surface area contributed by atoms with Gasteiger partial charge in [0.1, 0.15) is 5.82 Å². The number of nitrogens with zero attached hydrogens (tertiary/aromatic N) is 2. The highest BCUT2D eigenvalue weighted by molar-refractivity contribution is 5.47. The Hall–Kier alpha value is -1.13. The van der Waals surface area contributed by atoms with Crippen molar-refractivity contribution in [2.45, 2.75) is 26.4 Å². The molecule has 0 spiro atoms. The first-order valence-electron chi connectivity index (χ1n) is 5.69. The Kier molecular flexibility index (Phi) is 5.22. The SMILES string of the molecule is CCN(CCCO)c1ncccc1[C@H](C)O. The van der Waals surface area contributed by atoms with Crippen molar-refractivity contribution in [2.24, 2.45) is 0 Å². The quantitative estimate of drug-likeness (QED) is 0.765. The maximum atomic E-state index is 9.66. The molecule has 1 atom stereocenters. The fourth-order valence-corrected chi connectivity index (χ4v) is 1.68. The van der Waals surface area contributed by atoms with Gasteiger partial charge in [0, 0.05) is 31.5 Å². The zero-order valence-electron chi connectivity index (χ0n) is 9.93. The van der Waals surface area contributed by atoms with Crippen LogP contribution in [0.25, 0.3) is 0 Å². The third-order valence-electron chi connectivity index (χ3n) is 2.53. The van der Waals surface area contributed by atoms with Gasteiger partial charge in [-0.2, -0.15) is 0 Å². The summed E-state index contributed by atoms with van der Waals surface area (Å²) in [5, 5.41) is 18.5. The van der Waals surface area contributed by atoms with E-state index in [2.05, 4.69) is 9.88 Å². The van der Waals surface area contributed by atoms with Crippen molar-refractivity contribution in [3.05, 3.63) is 23.9 Å². The van der Waals surface area contributed by atoms with Gasteiger partial charge < -0.3 is 15.1 Å². The van der Waals surface area contributed by atoms with Gasteiger partial charge >= 0.3 is 0 Å². The number of hydrogen-bond acceptors (Lipinski definition) is 4. The monoisotopic (exact) mass is 224 g/mol. The molecule has 90 valence electrons. The summed E-state index contributed by atoms with van der Waals surface area (Å²) in [6.45, 7) is 5.52. The lowest BCUT2D eigenvalue weighted by atomic mass is 10.1. The van der Waals surface area contributed by atoms with Crippen LogP contribution in [0.1, 0.15) is 31.9 Å². The number of anilines is 1. The molecule has 4 heteroatoms. The van der Waals surface area contributed by atoms with Crippen LogP contribution in [0.4, 0.5) is 5.82 Å². The van der Waals surface area contributed by atoms with E-state index < -0.39 is 6.10 Å². The number of pyridine rings is 1. The number of aliphatic hydroxyl groups excluding tert-OH is 2. The summed E-state index contributed by atoms with van der Waals surface area (Å²) >= 11 is 0. The Morgan fingerprint density at radius 3 is 2.81 bits per heavy atom. The second-order valence-corrected chi connectivity index (χ2v) is 3.75. The van der Waals surface area contributed by atoms with E-state index in [1.165, 1.54) is 0 Å². The fourth-order valence-electron chi connectivity index (χ4n) is 1.68. The second-order valence-electron chi connectivity index (χ2n) is 3.75. The Morgan fingerprint density at radius 1 is 1.50 bits per heavy atom. The minimum absolute atomic E-state index is 0.174. The lowest BCUT2D eigenvalue weighted by molar-refractivity contribution is 0.199. The lowest BCUT2D eigenvalue weighted by Gasteiger charge is -2.24. The van der Waals surface area contributed by atoms with Gasteiger partial charge in [0.15, 0.2) is 0 Å². The predicted octanol–water partition coefficient (Wildman–Crippen LogP) is 1.34. The summed E-state index contributed by atoms with van der Waals surface area (Å²) in [6.07, 6.45) is 1.92. The van der Waals surface area contributed by atoms with E-state index in [1.54, 1.807) is 13.1 Å². The summed E-state index contributed by atoms with van der Waals surface area (Å²) < 4.78 is 0. The normalized spacial score (nSPS) is 12.5. The number of aliphatic hydroxyl groups is 2. The molecule has 4 nitrogen and oxygen atoms in total. The van der Waals surface area contributed by atoms with Crippen LogP contribution in [0.5, 0.6) is 0 Å². The molecule has 0 aliphatic heterocycles. The summed E-state index contributed by atoms with van der Waals surface area (Å²) in [5.74, 6) is 0.813. The minimum Gasteiger partial charge on any atom is -0.396 e. The summed E-state index contributed by atoms with van der Waals surface area (Å²) in [7, 11) is 0. The van der Waals surface area contributed by atoms with Crippen LogP contribution < -0.4 is 4.90 Å². The van der Waals surface area contributed by atoms with Crippen LogP contribution in [0.3, 0.4) is 0 Å². The Labute approximate surface area is 96.6 Å². The summed E-state index contributed by atoms with van der Waals surface area (Å²) in [4.78, 5) is 6.38. The maximum Gasteiger partial charge on any atom is 0.134 e. The molecule has 0 fully saturated rings. The van der Waals surface area contributed by atoms with Crippen LogP contribution in [0.15, 0.2) is 18.3 Å². The molecule has 0 unspecified atom stereocenters. The van der Waals surface area contributed by atoms with E-state index in [9.17, 15) is 5.11 Å². The van der Waals surface area contributed by atoms with Crippen molar-refractivity contribution in [1.29, 1.82) is 0 Å². The molecule has 16 heavy (non-hydrogen) atoms. The van der Waals surface area contributed by atoms with Crippen molar-refractivity contribution < 1.29 is 10.2 Å². The van der Waals surface area contributed by atoms with E-state index >= 15 is 0 Å². The molecule has 0 bridgehead atoms. The molecule has 0 saturated carbocycles. The number of hydrogen-bond donors (Lipinski definition) is 2. The Morgan fingerprint density at radius 2 is 2.25 bits per heavy atom. The molecule has 1 rings (SSSR count). The summed E-state index contributed by atoms with van der Waals surface area (Å²) in [5.41, 5.74) is 0.835. The van der Waals surface area contributed by atoms with Gasteiger partial charge in [0.2, 0.25) is 0 Å². The summed E-state index contributed by atoms with van der Waals surface area (Å²) in [6, 6.07) is 3.71. The largest absolute Gasteiger partial charge is 0.396 e. The van der Waals surface area contributed by atoms with Gasteiger partial charge in [-0.05, 0) is 26.3 Å². The van der Waals surface area contributed by atoms with Crippen molar-refractivity contribution in [3.8, 4) is 0 Å². The van der Waals surface area contributed by atoms with Crippen molar-refractivity contribution >= 4 is 5.82 Å². The molecule has 2 N–H and O–H groups in total. The van der Waals surface area contributed by atoms with Gasteiger partial charge in [-0.3, -0.25) is 0 Å². The molecule has 1 aromatic heterocycles. The molecule has 0 aliphatic rings. The van der Waals surface area contributed by atoms with Crippen molar-refractivity contribution in [3.63, 3.8) is 0 Å². The highest BCUT2D eigenvalue weighted by atomic mass is 16.3. The van der Waals surface area contributed by atoms with Gasteiger partial charge in [-0.25, -0.2) is 4.98 Å². The van der Waals surface area contributed by atoms with Crippen molar-refractivity contribution in [1.82, 2.24) is 4.98 Å². The van der Waals surface area contributed by atoms with Gasteiger partial charge in [-0.15, -0.1) is 0 Å². The zero-order valence-corrected chi connectivity index (χ0v) is 9.93. The molecular weight excluding hydrogens is 204 g/mol. The molecule has 1 heterocycles. The van der Waals surface area contributed by atoms with E-state index in [-0.39, 0.29) is 6.61 Å². The molecule has 1 aromatic rings. The van der Waals surface area contributed by atoms with Crippen LogP contribution in [-0.2, 0) is 0 Å². The Balaban J connectivity index is 2.90. The molecule has 0 aliphatic carbocycles. The van der Waals surface area contributed by atoms with Crippen LogP contribution in [-0.4, -0.2) is 34.9 Å². The van der Waals surface area contributed by atoms with Gasteiger partial charge in [0.05, 0.1) is 6.10 Å². The topological polar surface area (TPSA) is 56.6 Å². The fraction of sp³-hybridized carbons (Fsp3) is 0.583. The first-order chi connectivity index (χ1) is 7.70. The Bertz CT molecular complexity index is 316. The smallest absolute Gasteiger partial charge is 0.134 e. The zero-order chi connectivity index (χ0) is 12.0. The molecule has 0 radical (unpaired) electrons. The minimum atomic E-state index is -0.521. The van der Waals surface area contributed by atoms with E-state index in [0.717, 1.165) is 24.5 Å². The first kappa shape index (κ1) is 12.9. The average Bonchev–Trinajstić information content (AvgIpc) is 2.30. The number of rotatable bonds is 6. The molecular formula is C12H20N2O2. The molecule has 0 saturated heterocycles. The third-order valence-corrected chi connectivity index (χ3v) is 2.53. The predicted molar refractivity (Wildman–Crippen MR) is 64.5 cm³/mol. The highest BCUT2D eigenvalue weighted by Crippen LogP contribution is 2.23. The second kappa shape index (κ2) is 6.45. The highest BCUT2D eigenvalue weighted by Gasteiger charge is 2.13. The molecule has 0 aromatic carbocycles. The maximum absolute atomic E-state index is 9.66. The van der Waals surface area contributed by atoms with E-state index in [1.807, 2.05) is 19.1 Å². The van der Waals surface area contributed by atoms with Crippen molar-refractivity contribution in [2.75, 3.05) is 24.6 Å². The molecule has 0 amide bonds. The van der Waals surface area contributed by atoms with Crippen LogP contribution >= 0.6 is 0 Å². The lowest BCUT2D eigenvalue weighted by Crippen LogP contribution is -2.27. The van der Waals surface area contributed by atoms with Gasteiger partial charge in [-0.1, -0.05) is 6.07 Å². The van der Waals surface area contributed by atoms with Crippen LogP contribution in [0, 0.1) is 0 Å². The standard InChI is InChI=1S/C12H20N2O2/c1-3-14(8-5-9-15)12-11(10(2)16)6-4-7-13-12/h4,6-7,10,15-16H,3,5,8-9H2,1-2H3/t10-/m0/s1. The van der Waals surface area contributed by atoms with Crippen LogP contribution in [0.2, 0.25) is 0 Å². The van der Waals surface area contributed by atoms with E-state index in [4.69, 9.17) is 5.11 Å². The third kappa shape index (κ3) is 3.18. The number of aromatic nitrogens is 1.